The number of nitrogens with zero attached hydrogens (tertiary/aromatic N) is 4. The number of alkyl halides is 4. The lowest BCUT2D eigenvalue weighted by atomic mass is 10.1. The zero-order valence-corrected chi connectivity index (χ0v) is 18.4. The minimum atomic E-state index is -5.27. The SMILES string of the molecule is C#CCn1c(=O)n([C@@H]2O[C@H](C(OC(C)=O)C(F)(F)F)[C@H](F)[C@H]2OC(C)=O)c2nc(N)nc(OC)c21. The molecule has 190 valence electrons. The van der Waals surface area contributed by atoms with Gasteiger partial charge in [0.1, 0.15) is 6.10 Å². The molecule has 2 N–H and O–H groups in total. The maximum absolute atomic E-state index is 15.4. The van der Waals surface area contributed by atoms with E-state index in [1.165, 1.54) is 7.11 Å². The monoisotopic (exact) mass is 505 g/mol. The predicted molar refractivity (Wildman–Crippen MR) is 108 cm³/mol. The molecule has 5 atom stereocenters. The summed E-state index contributed by atoms with van der Waals surface area (Å²) in [5.74, 6) is -0.884. The van der Waals surface area contributed by atoms with Crippen LogP contribution in [0.5, 0.6) is 5.88 Å². The first-order valence-corrected chi connectivity index (χ1v) is 9.78. The molecule has 0 bridgehead atoms. The summed E-state index contributed by atoms with van der Waals surface area (Å²) in [5.41, 5.74) is 4.16. The molecule has 1 aliphatic heterocycles. The quantitative estimate of drug-likeness (QED) is 0.334. The molecule has 0 saturated carbocycles. The molecule has 3 rings (SSSR count). The second-order valence-corrected chi connectivity index (χ2v) is 7.29. The van der Waals surface area contributed by atoms with Crippen LogP contribution in [-0.2, 0) is 30.3 Å². The number of nitrogens with two attached hydrogens (primary N) is 1. The van der Waals surface area contributed by atoms with Crippen LogP contribution in [-0.4, -0.2) is 68.8 Å². The van der Waals surface area contributed by atoms with Gasteiger partial charge in [0, 0.05) is 13.8 Å². The topological polar surface area (TPSA) is 150 Å². The Balaban J connectivity index is 2.26. The Morgan fingerprint density at radius 2 is 1.94 bits per heavy atom. The largest absolute Gasteiger partial charge is 0.479 e. The van der Waals surface area contributed by atoms with Gasteiger partial charge in [-0.3, -0.25) is 14.2 Å². The highest BCUT2D eigenvalue weighted by Crippen LogP contribution is 2.41. The molecule has 16 heteroatoms. The third kappa shape index (κ3) is 4.71. The van der Waals surface area contributed by atoms with Gasteiger partial charge >= 0.3 is 23.8 Å². The van der Waals surface area contributed by atoms with Gasteiger partial charge in [0.25, 0.3) is 0 Å². The first-order valence-electron chi connectivity index (χ1n) is 9.78. The van der Waals surface area contributed by atoms with Gasteiger partial charge in [0.2, 0.25) is 17.9 Å². The van der Waals surface area contributed by atoms with Gasteiger partial charge in [-0.25, -0.2) is 13.8 Å². The molecule has 0 aromatic carbocycles. The van der Waals surface area contributed by atoms with Crippen molar-refractivity contribution in [3.8, 4) is 18.2 Å². The van der Waals surface area contributed by atoms with E-state index in [-0.39, 0.29) is 23.6 Å². The molecule has 1 aliphatic rings. The number of carbonyl (C=O) groups excluding carboxylic acids is 2. The molecular weight excluding hydrogens is 486 g/mol. The Morgan fingerprint density at radius 1 is 1.29 bits per heavy atom. The number of imidazole rings is 1. The number of anilines is 1. The fraction of sp³-hybridized carbons (Fsp3) is 0.526. The zero-order chi connectivity index (χ0) is 26.2. The summed E-state index contributed by atoms with van der Waals surface area (Å²) in [5, 5.41) is 0. The number of nitrogen functional groups attached to an aromatic ring is 1. The summed E-state index contributed by atoms with van der Waals surface area (Å²) < 4.78 is 77.3. The first kappa shape index (κ1) is 25.7. The number of ether oxygens (including phenoxy) is 4. The number of rotatable bonds is 6. The number of hydrogen-bond acceptors (Lipinski definition) is 10. The Labute approximate surface area is 193 Å². The normalized spacial score (nSPS) is 23.0. The molecule has 35 heavy (non-hydrogen) atoms. The van der Waals surface area contributed by atoms with Crippen molar-refractivity contribution < 1.29 is 46.1 Å². The molecule has 0 aliphatic carbocycles. The molecule has 2 aromatic heterocycles. The molecule has 12 nitrogen and oxygen atoms in total. The van der Waals surface area contributed by atoms with Crippen molar-refractivity contribution in [2.75, 3.05) is 12.8 Å². The van der Waals surface area contributed by atoms with Crippen molar-refractivity contribution in [3.05, 3.63) is 10.5 Å². The van der Waals surface area contributed by atoms with Crippen molar-refractivity contribution in [1.82, 2.24) is 19.1 Å². The van der Waals surface area contributed by atoms with Gasteiger partial charge in [-0.15, -0.1) is 6.42 Å². The van der Waals surface area contributed by atoms with Crippen LogP contribution in [0.4, 0.5) is 23.5 Å². The molecule has 2 aromatic rings. The number of terminal acetylenes is 1. The number of aromatic nitrogens is 4. The summed E-state index contributed by atoms with van der Waals surface area (Å²) >= 11 is 0. The number of carbonyl (C=O) groups is 2. The molecule has 0 radical (unpaired) electrons. The van der Waals surface area contributed by atoms with Gasteiger partial charge in [-0.1, -0.05) is 5.92 Å². The molecule has 0 amide bonds. The van der Waals surface area contributed by atoms with E-state index in [0.29, 0.717) is 11.5 Å². The molecule has 1 unspecified atom stereocenters. The fourth-order valence-corrected chi connectivity index (χ4v) is 3.69. The Hall–Kier alpha value is -3.87. The summed E-state index contributed by atoms with van der Waals surface area (Å²) in [6, 6.07) is 0. The molecular formula is C19H19F4N5O7. The van der Waals surface area contributed by atoms with Crippen LogP contribution in [0.15, 0.2) is 4.79 Å². The number of methoxy groups -OCH3 is 1. The first-order chi connectivity index (χ1) is 16.3. The number of esters is 2. The lowest BCUT2D eigenvalue weighted by Gasteiger charge is -2.26. The van der Waals surface area contributed by atoms with Crippen LogP contribution >= 0.6 is 0 Å². The minimum absolute atomic E-state index is 0.124. The van der Waals surface area contributed by atoms with Gasteiger partial charge in [-0.2, -0.15) is 23.1 Å². The van der Waals surface area contributed by atoms with E-state index in [0.717, 1.165) is 11.5 Å². The van der Waals surface area contributed by atoms with E-state index in [1.807, 2.05) is 0 Å². The van der Waals surface area contributed by atoms with E-state index in [9.17, 15) is 27.6 Å². The number of halogens is 4. The molecule has 1 fully saturated rings. The highest BCUT2D eigenvalue weighted by Gasteiger charge is 2.60. The number of fused-ring (bicyclic) bond motifs is 1. The second-order valence-electron chi connectivity index (χ2n) is 7.29. The average molecular weight is 505 g/mol. The fourth-order valence-electron chi connectivity index (χ4n) is 3.69. The maximum Gasteiger partial charge on any atom is 0.428 e. The predicted octanol–water partition coefficient (Wildman–Crippen LogP) is 0.478. The lowest BCUT2D eigenvalue weighted by molar-refractivity contribution is -0.252. The lowest BCUT2D eigenvalue weighted by Crippen LogP contribution is -2.47. The van der Waals surface area contributed by atoms with Gasteiger partial charge < -0.3 is 24.7 Å². The second kappa shape index (κ2) is 9.41. The van der Waals surface area contributed by atoms with E-state index in [1.54, 1.807) is 0 Å². The highest BCUT2D eigenvalue weighted by atomic mass is 19.4. The summed E-state index contributed by atoms with van der Waals surface area (Å²) in [6.45, 7) is 1.18. The third-order valence-electron chi connectivity index (χ3n) is 4.90. The standard InChI is InChI=1S/C19H19F4N5O7/c1-5-6-27-10-14(25-17(24)26-15(10)32-4)28(18(27)31)16-12(33-7(2)29)9(20)11(35-16)13(19(21,22)23)34-8(3)30/h1,9,11-13,16H,6H2,2-4H3,(H2,24,25,26)/t9-,11-,12+,13?,16+/m0/s1. The van der Waals surface area contributed by atoms with Crippen molar-refractivity contribution in [2.45, 2.75) is 57.3 Å². The molecule has 3 heterocycles. The third-order valence-corrected chi connectivity index (χ3v) is 4.90. The van der Waals surface area contributed by atoms with Gasteiger partial charge in [-0.05, 0) is 0 Å². The maximum atomic E-state index is 15.4. The van der Waals surface area contributed by atoms with E-state index < -0.39 is 60.5 Å². The average Bonchev–Trinajstić information content (AvgIpc) is 3.18. The van der Waals surface area contributed by atoms with Crippen LogP contribution in [0.3, 0.4) is 0 Å². The van der Waals surface area contributed by atoms with Crippen LogP contribution in [0.1, 0.15) is 20.1 Å². The van der Waals surface area contributed by atoms with Crippen LogP contribution in [0.25, 0.3) is 11.2 Å². The van der Waals surface area contributed by atoms with Crippen LogP contribution in [0.2, 0.25) is 0 Å². The highest BCUT2D eigenvalue weighted by molar-refractivity contribution is 5.79. The van der Waals surface area contributed by atoms with E-state index in [2.05, 4.69) is 20.6 Å². The van der Waals surface area contributed by atoms with Crippen molar-refractivity contribution >= 4 is 29.1 Å². The van der Waals surface area contributed by atoms with Crippen molar-refractivity contribution in [2.24, 2.45) is 0 Å². The summed E-state index contributed by atoms with van der Waals surface area (Å²) in [4.78, 5) is 43.9. The summed E-state index contributed by atoms with van der Waals surface area (Å²) in [7, 11) is 1.19. The van der Waals surface area contributed by atoms with Gasteiger partial charge in [0.05, 0.1) is 13.7 Å². The Bertz CT molecular complexity index is 1250. The van der Waals surface area contributed by atoms with Crippen molar-refractivity contribution in [1.29, 1.82) is 0 Å². The number of hydrogen-bond donors (Lipinski definition) is 1. The Morgan fingerprint density at radius 3 is 2.46 bits per heavy atom. The molecule has 0 spiro atoms. The molecule has 1 saturated heterocycles. The van der Waals surface area contributed by atoms with E-state index >= 15 is 4.39 Å². The minimum Gasteiger partial charge on any atom is -0.479 e. The smallest absolute Gasteiger partial charge is 0.428 e. The van der Waals surface area contributed by atoms with Crippen LogP contribution in [0, 0.1) is 12.3 Å². The van der Waals surface area contributed by atoms with Crippen LogP contribution < -0.4 is 16.2 Å². The van der Waals surface area contributed by atoms with E-state index in [4.69, 9.17) is 26.4 Å². The van der Waals surface area contributed by atoms with Crippen molar-refractivity contribution in [3.63, 3.8) is 0 Å². The zero-order valence-electron chi connectivity index (χ0n) is 18.4. The van der Waals surface area contributed by atoms with Gasteiger partial charge in [0.15, 0.2) is 29.7 Å². The Kier molecular flexibility index (Phi) is 6.92. The summed E-state index contributed by atoms with van der Waals surface area (Å²) in [6.07, 6.45) is -12.3.